The molecule has 0 aliphatic heterocycles. The van der Waals surface area contributed by atoms with Gasteiger partial charge < -0.3 is 5.11 Å². The number of hydrogen-bond acceptors (Lipinski definition) is 1. The van der Waals surface area contributed by atoms with Gasteiger partial charge in [0.1, 0.15) is 0 Å². The van der Waals surface area contributed by atoms with Gasteiger partial charge in [-0.3, -0.25) is 0 Å². The highest BCUT2D eigenvalue weighted by Gasteiger charge is 1.93. The van der Waals surface area contributed by atoms with Crippen LogP contribution in [0.3, 0.4) is 0 Å². The summed E-state index contributed by atoms with van der Waals surface area (Å²) in [6, 6.07) is 8.15. The molecule has 1 aromatic rings. The third-order valence-electron chi connectivity index (χ3n) is 2.98. The summed E-state index contributed by atoms with van der Waals surface area (Å²) in [5.41, 5.74) is 5.11. The molecule has 98 valence electrons. The predicted molar refractivity (Wildman–Crippen MR) is 78.5 cm³/mol. The molecule has 0 aliphatic rings. The van der Waals surface area contributed by atoms with Crippen molar-refractivity contribution in [1.82, 2.24) is 0 Å². The van der Waals surface area contributed by atoms with Gasteiger partial charge in [-0.05, 0) is 51.2 Å². The van der Waals surface area contributed by atoms with Crippen molar-refractivity contribution < 1.29 is 5.11 Å². The van der Waals surface area contributed by atoms with E-state index >= 15 is 0 Å². The smallest absolute Gasteiger partial charge is 0.0681 e. The molecule has 0 heterocycles. The van der Waals surface area contributed by atoms with E-state index in [1.165, 1.54) is 16.7 Å². The van der Waals surface area contributed by atoms with E-state index in [0.717, 1.165) is 24.8 Å². The lowest BCUT2D eigenvalue weighted by molar-refractivity contribution is 0.282. The maximum absolute atomic E-state index is 8.97. The second-order valence-electron chi connectivity index (χ2n) is 5.05. The quantitative estimate of drug-likeness (QED) is 0.735. The Morgan fingerprint density at radius 1 is 1.00 bits per heavy atom. The monoisotopic (exact) mass is 244 g/mol. The molecule has 1 nitrogen and oxygen atoms in total. The molecular weight excluding hydrogens is 220 g/mol. The molecule has 1 heteroatoms. The summed E-state index contributed by atoms with van der Waals surface area (Å²) in [5.74, 6) is 0. The topological polar surface area (TPSA) is 20.2 Å². The van der Waals surface area contributed by atoms with Crippen LogP contribution in [-0.2, 0) is 13.0 Å². The van der Waals surface area contributed by atoms with E-state index in [4.69, 9.17) is 5.11 Å². The van der Waals surface area contributed by atoms with Crippen molar-refractivity contribution in [3.05, 3.63) is 58.7 Å². The van der Waals surface area contributed by atoms with E-state index in [1.54, 1.807) is 0 Å². The fourth-order valence-electron chi connectivity index (χ4n) is 1.76. The molecule has 0 unspecified atom stereocenters. The molecule has 0 amide bonds. The Morgan fingerprint density at radius 3 is 2.17 bits per heavy atom. The number of benzene rings is 1. The SMILES string of the molecule is CC(C)=CCC/C(C)=C/Cc1ccc(CO)cc1. The van der Waals surface area contributed by atoms with E-state index in [2.05, 4.69) is 45.1 Å². The summed E-state index contributed by atoms with van der Waals surface area (Å²) in [6.45, 7) is 6.60. The fraction of sp³-hybridized carbons (Fsp3) is 0.412. The average molecular weight is 244 g/mol. The Hall–Kier alpha value is -1.34. The Balaban J connectivity index is 2.44. The molecule has 0 saturated heterocycles. The lowest BCUT2D eigenvalue weighted by Gasteiger charge is -2.02. The second-order valence-corrected chi connectivity index (χ2v) is 5.05. The number of allylic oxidation sites excluding steroid dienone is 4. The van der Waals surface area contributed by atoms with Crippen molar-refractivity contribution in [2.24, 2.45) is 0 Å². The number of aliphatic hydroxyl groups excluding tert-OH is 1. The van der Waals surface area contributed by atoms with Gasteiger partial charge in [0.15, 0.2) is 0 Å². The van der Waals surface area contributed by atoms with Crippen LogP contribution in [0.2, 0.25) is 0 Å². The normalized spacial score (nSPS) is 11.4. The molecule has 1 N–H and O–H groups in total. The Kier molecular flexibility index (Phi) is 6.45. The molecule has 1 rings (SSSR count). The van der Waals surface area contributed by atoms with Crippen LogP contribution >= 0.6 is 0 Å². The van der Waals surface area contributed by atoms with Crippen LogP contribution in [0.15, 0.2) is 47.6 Å². The van der Waals surface area contributed by atoms with E-state index in [1.807, 2.05) is 12.1 Å². The lowest BCUT2D eigenvalue weighted by atomic mass is 10.1. The van der Waals surface area contributed by atoms with Gasteiger partial charge in [0.05, 0.1) is 6.61 Å². The van der Waals surface area contributed by atoms with Crippen LogP contribution in [0, 0.1) is 0 Å². The molecule has 0 atom stereocenters. The molecule has 0 radical (unpaired) electrons. The van der Waals surface area contributed by atoms with Gasteiger partial charge in [0.2, 0.25) is 0 Å². The Morgan fingerprint density at radius 2 is 1.61 bits per heavy atom. The number of hydrogen-bond donors (Lipinski definition) is 1. The summed E-state index contributed by atoms with van der Waals surface area (Å²) in [6.07, 6.45) is 7.83. The molecule has 0 fully saturated rings. The van der Waals surface area contributed by atoms with E-state index < -0.39 is 0 Å². The van der Waals surface area contributed by atoms with Crippen molar-refractivity contribution in [1.29, 1.82) is 0 Å². The maximum atomic E-state index is 8.97. The molecular formula is C17H24O. The average Bonchev–Trinajstić information content (AvgIpc) is 2.36. The van der Waals surface area contributed by atoms with E-state index in [9.17, 15) is 0 Å². The van der Waals surface area contributed by atoms with Crippen molar-refractivity contribution in [2.75, 3.05) is 0 Å². The Labute approximate surface area is 111 Å². The van der Waals surface area contributed by atoms with Crippen molar-refractivity contribution in [3.8, 4) is 0 Å². The minimum absolute atomic E-state index is 0.123. The minimum atomic E-state index is 0.123. The predicted octanol–water partition coefficient (Wildman–Crippen LogP) is 4.41. The second kappa shape index (κ2) is 7.88. The zero-order chi connectivity index (χ0) is 13.4. The van der Waals surface area contributed by atoms with Crippen LogP contribution in [0.5, 0.6) is 0 Å². The largest absolute Gasteiger partial charge is 0.392 e. The molecule has 0 spiro atoms. The standard InChI is InChI=1S/C17H24O/c1-14(2)5-4-6-15(3)7-8-16-9-11-17(13-18)12-10-16/h5,7,9-12,18H,4,6,8,13H2,1-3H3/b15-7+. The highest BCUT2D eigenvalue weighted by molar-refractivity contribution is 5.24. The van der Waals surface area contributed by atoms with E-state index in [0.29, 0.717) is 0 Å². The minimum Gasteiger partial charge on any atom is -0.392 e. The first-order chi connectivity index (χ1) is 8.61. The van der Waals surface area contributed by atoms with Crippen molar-refractivity contribution in [2.45, 2.75) is 46.6 Å². The molecule has 0 aliphatic carbocycles. The van der Waals surface area contributed by atoms with Gasteiger partial charge in [0.25, 0.3) is 0 Å². The first-order valence-electron chi connectivity index (χ1n) is 6.59. The third kappa shape index (κ3) is 5.83. The molecule has 0 saturated carbocycles. The maximum Gasteiger partial charge on any atom is 0.0681 e. The van der Waals surface area contributed by atoms with Crippen LogP contribution in [0.1, 0.15) is 44.7 Å². The summed E-state index contributed by atoms with van der Waals surface area (Å²) < 4.78 is 0. The third-order valence-corrected chi connectivity index (χ3v) is 2.98. The first-order valence-corrected chi connectivity index (χ1v) is 6.59. The fourth-order valence-corrected chi connectivity index (χ4v) is 1.76. The Bertz CT molecular complexity index is 406. The highest BCUT2D eigenvalue weighted by Crippen LogP contribution is 2.10. The lowest BCUT2D eigenvalue weighted by Crippen LogP contribution is -1.86. The molecule has 0 bridgehead atoms. The van der Waals surface area contributed by atoms with Crippen LogP contribution in [-0.4, -0.2) is 5.11 Å². The van der Waals surface area contributed by atoms with Crippen molar-refractivity contribution >= 4 is 0 Å². The van der Waals surface area contributed by atoms with Crippen LogP contribution in [0.25, 0.3) is 0 Å². The highest BCUT2D eigenvalue weighted by atomic mass is 16.3. The number of rotatable bonds is 6. The summed E-state index contributed by atoms with van der Waals surface area (Å²) >= 11 is 0. The zero-order valence-corrected chi connectivity index (χ0v) is 11.7. The van der Waals surface area contributed by atoms with Gasteiger partial charge in [0, 0.05) is 0 Å². The molecule has 1 aromatic carbocycles. The van der Waals surface area contributed by atoms with E-state index in [-0.39, 0.29) is 6.61 Å². The summed E-state index contributed by atoms with van der Waals surface area (Å²) in [5, 5.41) is 8.97. The molecule has 0 aromatic heterocycles. The van der Waals surface area contributed by atoms with Gasteiger partial charge in [-0.25, -0.2) is 0 Å². The van der Waals surface area contributed by atoms with Gasteiger partial charge in [-0.1, -0.05) is 47.6 Å². The number of aliphatic hydroxyl groups is 1. The van der Waals surface area contributed by atoms with Gasteiger partial charge in [-0.15, -0.1) is 0 Å². The van der Waals surface area contributed by atoms with Crippen LogP contribution < -0.4 is 0 Å². The zero-order valence-electron chi connectivity index (χ0n) is 11.7. The van der Waals surface area contributed by atoms with Crippen LogP contribution in [0.4, 0.5) is 0 Å². The molecule has 18 heavy (non-hydrogen) atoms. The first kappa shape index (κ1) is 14.7. The van der Waals surface area contributed by atoms with Gasteiger partial charge >= 0.3 is 0 Å². The van der Waals surface area contributed by atoms with Crippen molar-refractivity contribution in [3.63, 3.8) is 0 Å². The summed E-state index contributed by atoms with van der Waals surface area (Å²) in [7, 11) is 0. The van der Waals surface area contributed by atoms with Gasteiger partial charge in [-0.2, -0.15) is 0 Å². The summed E-state index contributed by atoms with van der Waals surface area (Å²) in [4.78, 5) is 0.